The molecule has 1 aromatic heterocycles. The van der Waals surface area contributed by atoms with E-state index in [0.29, 0.717) is 23.4 Å². The Kier molecular flexibility index (Phi) is 5.73. The Bertz CT molecular complexity index is 1320. The molecule has 2 amide bonds. The number of aromatic nitrogens is 1. The van der Waals surface area contributed by atoms with Gasteiger partial charge in [0, 0.05) is 39.5 Å². The zero-order valence-electron chi connectivity index (χ0n) is 20.7. The van der Waals surface area contributed by atoms with Crippen LogP contribution in [0, 0.1) is 23.2 Å². The lowest BCUT2D eigenvalue weighted by Gasteiger charge is -2.55. The first-order valence-electron chi connectivity index (χ1n) is 13.2. The molecule has 4 aliphatic rings. The molecule has 4 aliphatic carbocycles. The molecule has 4 fully saturated rings. The Hall–Kier alpha value is -3.35. The van der Waals surface area contributed by atoms with Gasteiger partial charge in [0.1, 0.15) is 6.54 Å². The predicted octanol–water partition coefficient (Wildman–Crippen LogP) is 4.63. The molecule has 7 nitrogen and oxygen atoms in total. The highest BCUT2D eigenvalue weighted by molar-refractivity contribution is 6.09. The molecule has 2 N–H and O–H groups in total. The molecule has 0 spiro atoms. The van der Waals surface area contributed by atoms with Crippen molar-refractivity contribution in [2.24, 2.45) is 23.2 Å². The fraction of sp³-hybridized carbons (Fsp3) is 0.483. The Labute approximate surface area is 210 Å². The van der Waals surface area contributed by atoms with E-state index in [0.717, 1.165) is 47.6 Å². The van der Waals surface area contributed by atoms with Gasteiger partial charge in [-0.05, 0) is 87.5 Å². The van der Waals surface area contributed by atoms with Crippen LogP contribution in [0.5, 0.6) is 0 Å². The Morgan fingerprint density at radius 3 is 2.31 bits per heavy atom. The maximum absolute atomic E-state index is 13.0. The van der Waals surface area contributed by atoms with Gasteiger partial charge in [0.25, 0.3) is 5.91 Å². The van der Waals surface area contributed by atoms with Gasteiger partial charge in [-0.3, -0.25) is 14.4 Å². The lowest BCUT2D eigenvalue weighted by molar-refractivity contribution is -0.152. The monoisotopic (exact) mass is 487 g/mol. The quantitative estimate of drug-likeness (QED) is 0.476. The van der Waals surface area contributed by atoms with E-state index in [1.807, 2.05) is 30.3 Å². The molecular formula is C29H33N3O4. The standard InChI is InChI=1S/C29H33N3O4/c1-2-32-24-6-4-3-5-22(24)23-12-21(7-8-25(23)32)31-26(33)17-36-27(34)16-30-28(35)29-13-18-9-19(14-29)11-20(10-18)15-29/h3-8,12,18-20H,2,9-11,13-17H2,1H3,(H,30,35)(H,31,33). The summed E-state index contributed by atoms with van der Waals surface area (Å²) in [6, 6.07) is 14.0. The van der Waals surface area contributed by atoms with Crippen molar-refractivity contribution in [3.63, 3.8) is 0 Å². The van der Waals surface area contributed by atoms with Crippen molar-refractivity contribution in [2.75, 3.05) is 18.5 Å². The fourth-order valence-corrected chi connectivity index (χ4v) is 7.59. The number of aryl methyl sites for hydroxylation is 1. The third-order valence-electron chi connectivity index (χ3n) is 8.65. The minimum atomic E-state index is -0.593. The van der Waals surface area contributed by atoms with Crippen LogP contribution in [-0.2, 0) is 25.7 Å². The minimum Gasteiger partial charge on any atom is -0.454 e. The summed E-state index contributed by atoms with van der Waals surface area (Å²) in [6.45, 7) is 2.38. The fourth-order valence-electron chi connectivity index (χ4n) is 7.59. The summed E-state index contributed by atoms with van der Waals surface area (Å²) in [7, 11) is 0. The number of amides is 2. The number of ether oxygens (including phenoxy) is 1. The lowest BCUT2D eigenvalue weighted by Crippen LogP contribution is -2.54. The molecule has 0 unspecified atom stereocenters. The zero-order chi connectivity index (χ0) is 24.9. The second kappa shape index (κ2) is 8.95. The third kappa shape index (κ3) is 4.04. The van der Waals surface area contributed by atoms with Gasteiger partial charge >= 0.3 is 5.97 Å². The van der Waals surface area contributed by atoms with E-state index in [-0.39, 0.29) is 24.5 Å². The Balaban J connectivity index is 1.03. The molecule has 0 atom stereocenters. The van der Waals surface area contributed by atoms with E-state index in [2.05, 4.69) is 34.3 Å². The number of hydrogen-bond acceptors (Lipinski definition) is 4. The van der Waals surface area contributed by atoms with Crippen LogP contribution in [0.2, 0.25) is 0 Å². The van der Waals surface area contributed by atoms with Crippen LogP contribution in [0.25, 0.3) is 21.8 Å². The van der Waals surface area contributed by atoms with Crippen LogP contribution in [-0.4, -0.2) is 35.5 Å². The summed E-state index contributed by atoms with van der Waals surface area (Å²) in [6.07, 6.45) is 6.63. The number of hydrogen-bond donors (Lipinski definition) is 2. The first-order chi connectivity index (χ1) is 17.4. The van der Waals surface area contributed by atoms with Crippen molar-refractivity contribution in [3.05, 3.63) is 42.5 Å². The van der Waals surface area contributed by atoms with Gasteiger partial charge in [0.05, 0.1) is 0 Å². The summed E-state index contributed by atoms with van der Waals surface area (Å²) in [5.41, 5.74) is 2.62. The second-order valence-electron chi connectivity index (χ2n) is 11.1. The van der Waals surface area contributed by atoms with Crippen LogP contribution < -0.4 is 10.6 Å². The van der Waals surface area contributed by atoms with E-state index in [9.17, 15) is 14.4 Å². The van der Waals surface area contributed by atoms with Crippen LogP contribution >= 0.6 is 0 Å². The summed E-state index contributed by atoms with van der Waals surface area (Å²) in [5.74, 6) is 0.975. The molecule has 1 heterocycles. The van der Waals surface area contributed by atoms with Crippen LogP contribution in [0.15, 0.2) is 42.5 Å². The van der Waals surface area contributed by atoms with Crippen LogP contribution in [0.4, 0.5) is 5.69 Å². The van der Waals surface area contributed by atoms with Crippen LogP contribution in [0.3, 0.4) is 0 Å². The largest absolute Gasteiger partial charge is 0.454 e. The molecular weight excluding hydrogens is 454 g/mol. The lowest BCUT2D eigenvalue weighted by atomic mass is 9.49. The maximum Gasteiger partial charge on any atom is 0.325 e. The highest BCUT2D eigenvalue weighted by atomic mass is 16.5. The SMILES string of the molecule is CCn1c2ccccc2c2cc(NC(=O)COC(=O)CNC(=O)C34CC5CC(CC(C5)C3)C4)ccc21. The summed E-state index contributed by atoms with van der Waals surface area (Å²) in [4.78, 5) is 37.7. The number of para-hydroxylation sites is 1. The molecule has 4 saturated carbocycles. The number of esters is 1. The average Bonchev–Trinajstić information content (AvgIpc) is 3.18. The van der Waals surface area contributed by atoms with E-state index in [1.54, 1.807) is 0 Å². The first-order valence-corrected chi connectivity index (χ1v) is 13.2. The normalized spacial score (nSPS) is 26.3. The zero-order valence-corrected chi connectivity index (χ0v) is 20.7. The number of carbonyl (C=O) groups is 3. The van der Waals surface area contributed by atoms with Crippen molar-refractivity contribution >= 4 is 45.3 Å². The molecule has 0 aliphatic heterocycles. The first kappa shape index (κ1) is 23.1. The van der Waals surface area contributed by atoms with E-state index in [4.69, 9.17) is 4.74 Å². The molecule has 4 bridgehead atoms. The number of nitrogens with one attached hydrogen (secondary N) is 2. The number of anilines is 1. The number of carbonyl (C=O) groups excluding carboxylic acids is 3. The highest BCUT2D eigenvalue weighted by Gasteiger charge is 2.54. The van der Waals surface area contributed by atoms with Gasteiger partial charge in [0.15, 0.2) is 6.61 Å². The summed E-state index contributed by atoms with van der Waals surface area (Å²) in [5, 5.41) is 7.83. The maximum atomic E-state index is 13.0. The van der Waals surface area contributed by atoms with Gasteiger partial charge in [-0.1, -0.05) is 18.2 Å². The topological polar surface area (TPSA) is 89.4 Å². The molecule has 7 rings (SSSR count). The van der Waals surface area contributed by atoms with Crippen LogP contribution in [0.1, 0.15) is 45.4 Å². The minimum absolute atomic E-state index is 0.0115. The average molecular weight is 488 g/mol. The van der Waals surface area contributed by atoms with Gasteiger partial charge in [-0.25, -0.2) is 0 Å². The van der Waals surface area contributed by atoms with Crippen molar-refractivity contribution in [1.29, 1.82) is 0 Å². The number of benzene rings is 2. The summed E-state index contributed by atoms with van der Waals surface area (Å²) < 4.78 is 7.40. The van der Waals surface area contributed by atoms with E-state index in [1.165, 1.54) is 19.3 Å². The van der Waals surface area contributed by atoms with Crippen molar-refractivity contribution in [1.82, 2.24) is 9.88 Å². The third-order valence-corrected chi connectivity index (χ3v) is 8.65. The second-order valence-corrected chi connectivity index (χ2v) is 11.1. The molecule has 7 heteroatoms. The van der Waals surface area contributed by atoms with Crippen molar-refractivity contribution in [2.45, 2.75) is 52.0 Å². The van der Waals surface area contributed by atoms with Gasteiger partial charge in [0.2, 0.25) is 5.91 Å². The predicted molar refractivity (Wildman–Crippen MR) is 138 cm³/mol. The number of rotatable bonds is 7. The Morgan fingerprint density at radius 1 is 0.944 bits per heavy atom. The number of fused-ring (bicyclic) bond motifs is 3. The van der Waals surface area contributed by atoms with Crippen molar-refractivity contribution in [3.8, 4) is 0 Å². The summed E-state index contributed by atoms with van der Waals surface area (Å²) >= 11 is 0. The molecule has 0 radical (unpaired) electrons. The Morgan fingerprint density at radius 2 is 1.61 bits per heavy atom. The van der Waals surface area contributed by atoms with Gasteiger partial charge in [-0.15, -0.1) is 0 Å². The van der Waals surface area contributed by atoms with Gasteiger partial charge in [-0.2, -0.15) is 0 Å². The van der Waals surface area contributed by atoms with E-state index >= 15 is 0 Å². The van der Waals surface area contributed by atoms with Crippen molar-refractivity contribution < 1.29 is 19.1 Å². The molecule has 188 valence electrons. The highest BCUT2D eigenvalue weighted by Crippen LogP contribution is 2.60. The van der Waals surface area contributed by atoms with Gasteiger partial charge < -0.3 is 19.9 Å². The number of nitrogens with zero attached hydrogens (tertiary/aromatic N) is 1. The molecule has 2 aromatic carbocycles. The van der Waals surface area contributed by atoms with E-state index < -0.39 is 11.9 Å². The molecule has 3 aromatic rings. The molecule has 0 saturated heterocycles. The molecule has 36 heavy (non-hydrogen) atoms. The smallest absolute Gasteiger partial charge is 0.325 e.